The van der Waals surface area contributed by atoms with Crippen LogP contribution in [0.5, 0.6) is 0 Å². The van der Waals surface area contributed by atoms with Gasteiger partial charge in [0, 0.05) is 30.9 Å². The molecule has 6 nitrogen and oxygen atoms in total. The summed E-state index contributed by atoms with van der Waals surface area (Å²) in [6.07, 6.45) is 1.02. The average molecular weight is 272 g/mol. The van der Waals surface area contributed by atoms with Crippen LogP contribution in [0.3, 0.4) is 0 Å². The van der Waals surface area contributed by atoms with E-state index < -0.39 is 5.41 Å². The van der Waals surface area contributed by atoms with Gasteiger partial charge >= 0.3 is 0 Å². The molecule has 2 amide bonds. The molecule has 104 valence electrons. The number of nitrogens with zero attached hydrogens (tertiary/aromatic N) is 2. The van der Waals surface area contributed by atoms with Gasteiger partial charge in [-0.1, -0.05) is 0 Å². The number of H-pyrrole nitrogens is 1. The number of imide groups is 1. The van der Waals surface area contributed by atoms with Crippen LogP contribution < -0.4 is 5.32 Å². The third-order valence-corrected chi connectivity index (χ3v) is 4.25. The first-order valence-corrected chi connectivity index (χ1v) is 6.68. The molecule has 0 bridgehead atoms. The van der Waals surface area contributed by atoms with Crippen LogP contribution in [-0.4, -0.2) is 34.8 Å². The average Bonchev–Trinajstić information content (AvgIpc) is 3.01. The van der Waals surface area contributed by atoms with E-state index in [0.29, 0.717) is 25.1 Å². The van der Waals surface area contributed by atoms with Crippen molar-refractivity contribution in [1.29, 1.82) is 5.26 Å². The number of likely N-dealkylation sites (tertiary alicyclic amines) is 1. The SMILES string of the molecule is Cc1[nH]c(CN2CC[C@@]3(CC(=O)NC3=O)C2)cc1C#N. The lowest BCUT2D eigenvalue weighted by atomic mass is 9.85. The Morgan fingerprint density at radius 1 is 1.50 bits per heavy atom. The molecule has 0 aliphatic carbocycles. The van der Waals surface area contributed by atoms with Crippen molar-refractivity contribution in [2.24, 2.45) is 5.41 Å². The first-order valence-electron chi connectivity index (χ1n) is 6.68. The smallest absolute Gasteiger partial charge is 0.234 e. The van der Waals surface area contributed by atoms with E-state index in [2.05, 4.69) is 21.3 Å². The maximum Gasteiger partial charge on any atom is 0.234 e. The maximum atomic E-state index is 11.9. The normalized spacial score (nSPS) is 26.2. The highest BCUT2D eigenvalue weighted by Crippen LogP contribution is 2.38. The third kappa shape index (κ3) is 2.00. The summed E-state index contributed by atoms with van der Waals surface area (Å²) in [5.74, 6) is -0.301. The van der Waals surface area contributed by atoms with E-state index >= 15 is 0 Å². The summed E-state index contributed by atoms with van der Waals surface area (Å²) < 4.78 is 0. The number of aryl methyl sites for hydroxylation is 1. The highest BCUT2D eigenvalue weighted by atomic mass is 16.2. The second-order valence-corrected chi connectivity index (χ2v) is 5.74. The van der Waals surface area contributed by atoms with Crippen molar-refractivity contribution >= 4 is 11.8 Å². The molecule has 2 aliphatic heterocycles. The predicted molar refractivity (Wildman–Crippen MR) is 70.3 cm³/mol. The Kier molecular flexibility index (Phi) is 2.87. The molecule has 0 saturated carbocycles. The number of hydrogen-bond donors (Lipinski definition) is 2. The Hall–Kier alpha value is -2.13. The number of nitriles is 1. The van der Waals surface area contributed by atoms with Gasteiger partial charge in [0.15, 0.2) is 0 Å². The number of hydrogen-bond acceptors (Lipinski definition) is 4. The molecule has 20 heavy (non-hydrogen) atoms. The Morgan fingerprint density at radius 3 is 2.90 bits per heavy atom. The number of nitrogens with one attached hydrogen (secondary N) is 2. The van der Waals surface area contributed by atoms with Crippen LogP contribution in [0.15, 0.2) is 6.07 Å². The molecule has 1 aromatic heterocycles. The molecule has 3 heterocycles. The Balaban J connectivity index is 1.70. The number of rotatable bonds is 2. The number of aromatic nitrogens is 1. The van der Waals surface area contributed by atoms with Gasteiger partial charge in [-0.15, -0.1) is 0 Å². The first kappa shape index (κ1) is 12.9. The fourth-order valence-corrected chi connectivity index (χ4v) is 3.18. The standard InChI is InChI=1S/C14H16N4O2/c1-9-10(6-15)4-11(16-9)7-18-3-2-14(8-18)5-12(19)17-13(14)20/h4,16H,2-3,5,7-8H2,1H3,(H,17,19,20)/t14-/m1/s1. The van der Waals surface area contributed by atoms with Crippen molar-refractivity contribution in [3.05, 3.63) is 23.0 Å². The Bertz CT molecular complexity index is 628. The molecular weight excluding hydrogens is 256 g/mol. The zero-order valence-electron chi connectivity index (χ0n) is 11.3. The van der Waals surface area contributed by atoms with E-state index in [-0.39, 0.29) is 11.8 Å². The van der Waals surface area contributed by atoms with Gasteiger partial charge in [0.2, 0.25) is 11.8 Å². The lowest BCUT2D eigenvalue weighted by Crippen LogP contribution is -2.34. The molecule has 1 spiro atoms. The molecule has 3 rings (SSSR count). The van der Waals surface area contributed by atoms with E-state index in [1.807, 2.05) is 13.0 Å². The minimum Gasteiger partial charge on any atom is -0.360 e. The van der Waals surface area contributed by atoms with Gasteiger partial charge in [-0.05, 0) is 26.0 Å². The lowest BCUT2D eigenvalue weighted by molar-refractivity contribution is -0.128. The van der Waals surface area contributed by atoms with Crippen molar-refractivity contribution in [1.82, 2.24) is 15.2 Å². The fraction of sp³-hybridized carbons (Fsp3) is 0.500. The quantitative estimate of drug-likeness (QED) is 0.764. The van der Waals surface area contributed by atoms with Crippen molar-refractivity contribution in [3.8, 4) is 6.07 Å². The molecule has 2 fully saturated rings. The van der Waals surface area contributed by atoms with Crippen LogP contribution in [0.25, 0.3) is 0 Å². The van der Waals surface area contributed by atoms with Gasteiger partial charge in [0.1, 0.15) is 6.07 Å². The van der Waals surface area contributed by atoms with Crippen molar-refractivity contribution in [3.63, 3.8) is 0 Å². The fourth-order valence-electron chi connectivity index (χ4n) is 3.18. The lowest BCUT2D eigenvalue weighted by Gasteiger charge is -2.19. The summed E-state index contributed by atoms with van der Waals surface area (Å²) in [6.45, 7) is 3.94. The molecular formula is C14H16N4O2. The minimum atomic E-state index is -0.531. The Morgan fingerprint density at radius 2 is 2.30 bits per heavy atom. The second-order valence-electron chi connectivity index (χ2n) is 5.74. The van der Waals surface area contributed by atoms with Crippen LogP contribution >= 0.6 is 0 Å². The minimum absolute atomic E-state index is 0.134. The molecule has 0 radical (unpaired) electrons. The van der Waals surface area contributed by atoms with Crippen LogP contribution in [0.2, 0.25) is 0 Å². The summed E-state index contributed by atoms with van der Waals surface area (Å²) >= 11 is 0. The second kappa shape index (κ2) is 4.46. The first-order chi connectivity index (χ1) is 9.52. The van der Waals surface area contributed by atoms with Crippen LogP contribution in [0, 0.1) is 23.7 Å². The van der Waals surface area contributed by atoms with Crippen molar-refractivity contribution in [2.75, 3.05) is 13.1 Å². The summed E-state index contributed by atoms with van der Waals surface area (Å²) in [4.78, 5) is 28.6. The van der Waals surface area contributed by atoms with E-state index in [1.54, 1.807) is 0 Å². The molecule has 0 aromatic carbocycles. The van der Waals surface area contributed by atoms with E-state index in [0.717, 1.165) is 24.4 Å². The van der Waals surface area contributed by atoms with E-state index in [4.69, 9.17) is 5.26 Å². The molecule has 2 aliphatic rings. The summed E-state index contributed by atoms with van der Waals surface area (Å²) in [7, 11) is 0. The van der Waals surface area contributed by atoms with Gasteiger partial charge in [0.25, 0.3) is 0 Å². The number of aromatic amines is 1. The van der Waals surface area contributed by atoms with E-state index in [9.17, 15) is 9.59 Å². The van der Waals surface area contributed by atoms with E-state index in [1.165, 1.54) is 0 Å². The maximum absolute atomic E-state index is 11.9. The Labute approximate surface area is 116 Å². The van der Waals surface area contributed by atoms with Crippen molar-refractivity contribution < 1.29 is 9.59 Å². The predicted octanol–water partition coefficient (Wildman–Crippen LogP) is 0.433. The third-order valence-electron chi connectivity index (χ3n) is 4.25. The van der Waals surface area contributed by atoms with Gasteiger partial charge in [0.05, 0.1) is 11.0 Å². The molecule has 1 aromatic rings. The van der Waals surface area contributed by atoms with Crippen molar-refractivity contribution in [2.45, 2.75) is 26.3 Å². The molecule has 2 saturated heterocycles. The van der Waals surface area contributed by atoms with Crippen LogP contribution in [0.4, 0.5) is 0 Å². The monoisotopic (exact) mass is 272 g/mol. The van der Waals surface area contributed by atoms with Gasteiger partial charge in [-0.2, -0.15) is 5.26 Å². The highest BCUT2D eigenvalue weighted by Gasteiger charge is 2.50. The summed E-state index contributed by atoms with van der Waals surface area (Å²) in [5, 5.41) is 11.4. The summed E-state index contributed by atoms with van der Waals surface area (Å²) in [5.41, 5.74) is 1.96. The molecule has 6 heteroatoms. The number of carbonyl (C=O) groups is 2. The summed E-state index contributed by atoms with van der Waals surface area (Å²) in [6, 6.07) is 3.99. The molecule has 1 atom stereocenters. The van der Waals surface area contributed by atoms with Gasteiger partial charge < -0.3 is 4.98 Å². The zero-order chi connectivity index (χ0) is 14.3. The zero-order valence-corrected chi connectivity index (χ0v) is 11.3. The van der Waals surface area contributed by atoms with Crippen LogP contribution in [-0.2, 0) is 16.1 Å². The van der Waals surface area contributed by atoms with Gasteiger partial charge in [-0.3, -0.25) is 19.8 Å². The highest BCUT2D eigenvalue weighted by molar-refractivity contribution is 6.06. The molecule has 0 unspecified atom stereocenters. The largest absolute Gasteiger partial charge is 0.360 e. The topological polar surface area (TPSA) is 89.0 Å². The van der Waals surface area contributed by atoms with Gasteiger partial charge in [-0.25, -0.2) is 0 Å². The number of carbonyl (C=O) groups excluding carboxylic acids is 2. The van der Waals surface area contributed by atoms with Crippen LogP contribution in [0.1, 0.15) is 29.8 Å². The number of amides is 2. The molecule has 2 N–H and O–H groups in total.